The van der Waals surface area contributed by atoms with Crippen molar-refractivity contribution in [1.82, 2.24) is 4.90 Å². The number of hydrogen-bond donors (Lipinski definition) is 1. The molecule has 1 aromatic carbocycles. The SMILES string of the molecule is CC1CCCCCN1C(=O)c1ccccc1C#CCN. The van der Waals surface area contributed by atoms with Gasteiger partial charge in [0.2, 0.25) is 0 Å². The van der Waals surface area contributed by atoms with Crippen molar-refractivity contribution in [1.29, 1.82) is 0 Å². The molecular weight excluding hydrogens is 248 g/mol. The topological polar surface area (TPSA) is 46.3 Å². The number of hydrogen-bond acceptors (Lipinski definition) is 2. The van der Waals surface area contributed by atoms with Crippen molar-refractivity contribution in [3.05, 3.63) is 35.4 Å². The van der Waals surface area contributed by atoms with Crippen LogP contribution >= 0.6 is 0 Å². The molecule has 3 heteroatoms. The number of nitrogens with zero attached hydrogens (tertiary/aromatic N) is 1. The lowest BCUT2D eigenvalue weighted by Crippen LogP contribution is -2.38. The van der Waals surface area contributed by atoms with Crippen LogP contribution in [0.25, 0.3) is 0 Å². The summed E-state index contributed by atoms with van der Waals surface area (Å²) in [5.74, 6) is 5.93. The van der Waals surface area contributed by atoms with E-state index < -0.39 is 0 Å². The van der Waals surface area contributed by atoms with E-state index in [4.69, 9.17) is 5.73 Å². The van der Waals surface area contributed by atoms with Crippen molar-refractivity contribution in [2.45, 2.75) is 38.6 Å². The van der Waals surface area contributed by atoms with E-state index in [0.29, 0.717) is 18.2 Å². The molecule has 0 radical (unpaired) electrons. The second-order valence-electron chi connectivity index (χ2n) is 5.25. The summed E-state index contributed by atoms with van der Waals surface area (Å²) in [4.78, 5) is 14.8. The average Bonchev–Trinajstić information content (AvgIpc) is 2.69. The van der Waals surface area contributed by atoms with Gasteiger partial charge >= 0.3 is 0 Å². The molecule has 0 aromatic heterocycles. The highest BCUT2D eigenvalue weighted by atomic mass is 16.2. The van der Waals surface area contributed by atoms with Crippen molar-refractivity contribution in [3.63, 3.8) is 0 Å². The Bertz CT molecular complexity index is 527. The van der Waals surface area contributed by atoms with Crippen molar-refractivity contribution < 1.29 is 4.79 Å². The number of carbonyl (C=O) groups excluding carboxylic acids is 1. The summed E-state index contributed by atoms with van der Waals surface area (Å²) in [6.07, 6.45) is 4.59. The molecule has 0 saturated carbocycles. The van der Waals surface area contributed by atoms with Gasteiger partial charge in [0, 0.05) is 18.2 Å². The van der Waals surface area contributed by atoms with E-state index >= 15 is 0 Å². The largest absolute Gasteiger partial charge is 0.336 e. The maximum absolute atomic E-state index is 12.8. The summed E-state index contributed by atoms with van der Waals surface area (Å²) in [6, 6.07) is 7.85. The third-order valence-corrected chi connectivity index (χ3v) is 3.80. The Hall–Kier alpha value is -1.79. The zero-order chi connectivity index (χ0) is 14.4. The number of benzene rings is 1. The molecule has 2 rings (SSSR count). The molecule has 1 saturated heterocycles. The van der Waals surface area contributed by atoms with Gasteiger partial charge in [-0.25, -0.2) is 0 Å². The molecule has 1 amide bonds. The van der Waals surface area contributed by atoms with Gasteiger partial charge in [-0.2, -0.15) is 0 Å². The van der Waals surface area contributed by atoms with Gasteiger partial charge in [-0.05, 0) is 31.9 Å². The predicted octanol–water partition coefficient (Wildman–Crippen LogP) is 2.40. The standard InChI is InChI=1S/C17H22N2O/c1-14-8-3-2-6-13-19(14)17(20)16-11-5-4-9-15(16)10-7-12-18/h4-5,9,11,14H,2-3,6,8,12-13,18H2,1H3. The van der Waals surface area contributed by atoms with Gasteiger partial charge < -0.3 is 10.6 Å². The lowest BCUT2D eigenvalue weighted by molar-refractivity contribution is 0.0697. The molecule has 0 bridgehead atoms. The van der Waals surface area contributed by atoms with Gasteiger partial charge in [0.05, 0.1) is 12.1 Å². The Labute approximate surface area is 121 Å². The van der Waals surface area contributed by atoms with Crippen molar-refractivity contribution >= 4 is 5.91 Å². The molecule has 2 N–H and O–H groups in total. The second-order valence-corrected chi connectivity index (χ2v) is 5.25. The Morgan fingerprint density at radius 3 is 2.95 bits per heavy atom. The number of nitrogens with two attached hydrogens (primary N) is 1. The zero-order valence-corrected chi connectivity index (χ0v) is 12.1. The molecule has 3 nitrogen and oxygen atoms in total. The van der Waals surface area contributed by atoms with E-state index in [1.54, 1.807) is 0 Å². The van der Waals surface area contributed by atoms with Crippen LogP contribution in [0.3, 0.4) is 0 Å². The Morgan fingerprint density at radius 2 is 2.15 bits per heavy atom. The van der Waals surface area contributed by atoms with E-state index in [-0.39, 0.29) is 5.91 Å². The van der Waals surface area contributed by atoms with Crippen molar-refractivity contribution in [2.24, 2.45) is 5.73 Å². The normalized spacial score (nSPS) is 18.9. The van der Waals surface area contributed by atoms with Gasteiger partial charge in [0.25, 0.3) is 5.91 Å². The van der Waals surface area contributed by atoms with Crippen LogP contribution in [0.2, 0.25) is 0 Å². The maximum atomic E-state index is 12.8. The summed E-state index contributed by atoms with van der Waals surface area (Å²) < 4.78 is 0. The van der Waals surface area contributed by atoms with Gasteiger partial charge in [-0.3, -0.25) is 4.79 Å². The predicted molar refractivity (Wildman–Crippen MR) is 81.3 cm³/mol. The number of likely N-dealkylation sites (tertiary alicyclic amines) is 1. The van der Waals surface area contributed by atoms with E-state index in [1.807, 2.05) is 29.2 Å². The molecule has 1 aliphatic heterocycles. The molecule has 1 fully saturated rings. The van der Waals surface area contributed by atoms with Crippen LogP contribution in [0.5, 0.6) is 0 Å². The van der Waals surface area contributed by atoms with Crippen LogP contribution in [-0.2, 0) is 0 Å². The van der Waals surface area contributed by atoms with E-state index in [2.05, 4.69) is 18.8 Å². The molecule has 1 heterocycles. The van der Waals surface area contributed by atoms with Gasteiger partial charge in [0.15, 0.2) is 0 Å². The molecule has 1 atom stereocenters. The first-order chi connectivity index (χ1) is 9.74. The third kappa shape index (κ3) is 3.40. The molecule has 106 valence electrons. The minimum Gasteiger partial charge on any atom is -0.336 e. The fraction of sp³-hybridized carbons (Fsp3) is 0.471. The molecule has 0 aliphatic carbocycles. The maximum Gasteiger partial charge on any atom is 0.255 e. The fourth-order valence-corrected chi connectivity index (χ4v) is 2.66. The molecule has 1 aromatic rings. The Morgan fingerprint density at radius 1 is 1.35 bits per heavy atom. The van der Waals surface area contributed by atoms with Crippen LogP contribution in [0, 0.1) is 11.8 Å². The highest BCUT2D eigenvalue weighted by molar-refractivity contribution is 5.97. The first kappa shape index (κ1) is 14.6. The van der Waals surface area contributed by atoms with Crippen LogP contribution in [0.4, 0.5) is 0 Å². The summed E-state index contributed by atoms with van der Waals surface area (Å²) >= 11 is 0. The highest BCUT2D eigenvalue weighted by Crippen LogP contribution is 2.20. The van der Waals surface area contributed by atoms with Gasteiger partial charge in [-0.15, -0.1) is 0 Å². The van der Waals surface area contributed by atoms with Crippen LogP contribution < -0.4 is 5.73 Å². The van der Waals surface area contributed by atoms with Gasteiger partial charge in [-0.1, -0.05) is 36.8 Å². The van der Waals surface area contributed by atoms with Crippen LogP contribution in [0.1, 0.15) is 48.5 Å². The monoisotopic (exact) mass is 270 g/mol. The molecule has 20 heavy (non-hydrogen) atoms. The summed E-state index contributed by atoms with van der Waals surface area (Å²) in [5, 5.41) is 0. The number of carbonyl (C=O) groups is 1. The zero-order valence-electron chi connectivity index (χ0n) is 12.1. The Balaban J connectivity index is 2.28. The summed E-state index contributed by atoms with van der Waals surface area (Å²) in [6.45, 7) is 3.29. The van der Waals surface area contributed by atoms with Gasteiger partial charge in [0.1, 0.15) is 0 Å². The summed E-state index contributed by atoms with van der Waals surface area (Å²) in [7, 11) is 0. The van der Waals surface area contributed by atoms with Crippen LogP contribution in [-0.4, -0.2) is 29.9 Å². The Kier molecular flexibility index (Phi) is 5.20. The molecule has 1 aliphatic rings. The molecule has 1 unspecified atom stereocenters. The first-order valence-corrected chi connectivity index (χ1v) is 7.33. The number of rotatable bonds is 1. The van der Waals surface area contributed by atoms with E-state index in [0.717, 1.165) is 24.9 Å². The minimum absolute atomic E-state index is 0.0984. The fourth-order valence-electron chi connectivity index (χ4n) is 2.66. The number of amides is 1. The second kappa shape index (κ2) is 7.12. The first-order valence-electron chi connectivity index (χ1n) is 7.33. The minimum atomic E-state index is 0.0984. The van der Waals surface area contributed by atoms with E-state index in [1.165, 1.54) is 12.8 Å². The third-order valence-electron chi connectivity index (χ3n) is 3.80. The summed E-state index contributed by atoms with van der Waals surface area (Å²) in [5.41, 5.74) is 6.89. The highest BCUT2D eigenvalue weighted by Gasteiger charge is 2.24. The lowest BCUT2D eigenvalue weighted by atomic mass is 10.1. The molecule has 0 spiro atoms. The quantitative estimate of drug-likeness (QED) is 0.797. The lowest BCUT2D eigenvalue weighted by Gasteiger charge is -2.27. The van der Waals surface area contributed by atoms with Crippen molar-refractivity contribution in [3.8, 4) is 11.8 Å². The van der Waals surface area contributed by atoms with Crippen LogP contribution in [0.15, 0.2) is 24.3 Å². The smallest absolute Gasteiger partial charge is 0.255 e. The average molecular weight is 270 g/mol. The van der Waals surface area contributed by atoms with E-state index in [9.17, 15) is 4.79 Å². The molecular formula is C17H22N2O. The van der Waals surface area contributed by atoms with Crippen molar-refractivity contribution in [2.75, 3.05) is 13.1 Å².